The highest BCUT2D eigenvalue weighted by atomic mass is 14.9. The second-order valence-electron chi connectivity index (χ2n) is 4.88. The van der Waals surface area contributed by atoms with Crippen molar-refractivity contribution in [1.29, 1.82) is 0 Å². The SMILES string of the molecule is CCNC(C)CC(C)c1cccc(C)c1C. The van der Waals surface area contributed by atoms with E-state index < -0.39 is 0 Å². The molecule has 16 heavy (non-hydrogen) atoms. The summed E-state index contributed by atoms with van der Waals surface area (Å²) < 4.78 is 0. The molecule has 0 spiro atoms. The van der Waals surface area contributed by atoms with Crippen LogP contribution in [0.5, 0.6) is 0 Å². The van der Waals surface area contributed by atoms with Gasteiger partial charge in [0.15, 0.2) is 0 Å². The van der Waals surface area contributed by atoms with Gasteiger partial charge in [0, 0.05) is 6.04 Å². The summed E-state index contributed by atoms with van der Waals surface area (Å²) in [5.74, 6) is 0.633. The minimum atomic E-state index is 0.597. The van der Waals surface area contributed by atoms with E-state index in [2.05, 4.69) is 58.1 Å². The van der Waals surface area contributed by atoms with Gasteiger partial charge >= 0.3 is 0 Å². The second kappa shape index (κ2) is 6.05. The van der Waals surface area contributed by atoms with Gasteiger partial charge in [0.1, 0.15) is 0 Å². The maximum Gasteiger partial charge on any atom is 0.00443 e. The molecule has 1 aromatic carbocycles. The van der Waals surface area contributed by atoms with Crippen LogP contribution in [0.25, 0.3) is 0 Å². The molecular formula is C15H25N. The predicted octanol–water partition coefficient (Wildman–Crippen LogP) is 3.80. The first-order valence-corrected chi connectivity index (χ1v) is 6.35. The summed E-state index contributed by atoms with van der Waals surface area (Å²) in [7, 11) is 0. The number of benzene rings is 1. The Hall–Kier alpha value is -0.820. The largest absolute Gasteiger partial charge is 0.315 e. The van der Waals surface area contributed by atoms with Gasteiger partial charge in [-0.25, -0.2) is 0 Å². The molecule has 0 bridgehead atoms. The molecule has 0 saturated heterocycles. The number of rotatable bonds is 5. The van der Waals surface area contributed by atoms with Crippen molar-refractivity contribution in [2.75, 3.05) is 6.54 Å². The van der Waals surface area contributed by atoms with Crippen molar-refractivity contribution in [3.8, 4) is 0 Å². The molecule has 2 atom stereocenters. The van der Waals surface area contributed by atoms with Crippen LogP contribution in [0.15, 0.2) is 18.2 Å². The summed E-state index contributed by atoms with van der Waals surface area (Å²) in [5.41, 5.74) is 4.36. The van der Waals surface area contributed by atoms with Crippen LogP contribution in [0.1, 0.15) is 49.8 Å². The van der Waals surface area contributed by atoms with Gasteiger partial charge in [0.05, 0.1) is 0 Å². The predicted molar refractivity (Wildman–Crippen MR) is 72.1 cm³/mol. The van der Waals surface area contributed by atoms with Crippen LogP contribution in [-0.2, 0) is 0 Å². The molecule has 0 heterocycles. The smallest absolute Gasteiger partial charge is 0.00443 e. The lowest BCUT2D eigenvalue weighted by atomic mass is 9.89. The fourth-order valence-electron chi connectivity index (χ4n) is 2.40. The van der Waals surface area contributed by atoms with Gasteiger partial charge in [-0.2, -0.15) is 0 Å². The Kier molecular flexibility index (Phi) is 5.01. The highest BCUT2D eigenvalue weighted by molar-refractivity contribution is 5.35. The molecule has 1 rings (SSSR count). The summed E-state index contributed by atoms with van der Waals surface area (Å²) in [5, 5.41) is 3.48. The minimum Gasteiger partial charge on any atom is -0.315 e. The molecule has 1 heteroatoms. The summed E-state index contributed by atoms with van der Waals surface area (Å²) in [4.78, 5) is 0. The van der Waals surface area contributed by atoms with E-state index in [-0.39, 0.29) is 0 Å². The van der Waals surface area contributed by atoms with Crippen molar-refractivity contribution in [2.24, 2.45) is 0 Å². The van der Waals surface area contributed by atoms with E-state index >= 15 is 0 Å². The Balaban J connectivity index is 2.72. The number of nitrogens with one attached hydrogen (secondary N) is 1. The third kappa shape index (κ3) is 3.34. The van der Waals surface area contributed by atoms with Crippen LogP contribution in [0, 0.1) is 13.8 Å². The van der Waals surface area contributed by atoms with Crippen molar-refractivity contribution < 1.29 is 0 Å². The summed E-state index contributed by atoms with van der Waals surface area (Å²) >= 11 is 0. The van der Waals surface area contributed by atoms with E-state index in [0.29, 0.717) is 12.0 Å². The fourth-order valence-corrected chi connectivity index (χ4v) is 2.40. The summed E-state index contributed by atoms with van der Waals surface area (Å²) in [6.45, 7) is 12.2. The Labute approximate surface area is 100 Å². The maximum absolute atomic E-state index is 3.48. The van der Waals surface area contributed by atoms with E-state index in [1.54, 1.807) is 0 Å². The Morgan fingerprint density at radius 3 is 2.50 bits per heavy atom. The zero-order valence-electron chi connectivity index (χ0n) is 11.3. The van der Waals surface area contributed by atoms with Crippen LogP contribution in [-0.4, -0.2) is 12.6 Å². The van der Waals surface area contributed by atoms with E-state index in [4.69, 9.17) is 0 Å². The van der Waals surface area contributed by atoms with Gasteiger partial charge in [-0.05, 0) is 56.3 Å². The van der Waals surface area contributed by atoms with Crippen LogP contribution in [0.3, 0.4) is 0 Å². The van der Waals surface area contributed by atoms with Gasteiger partial charge < -0.3 is 5.32 Å². The van der Waals surface area contributed by atoms with Crippen LogP contribution in [0.2, 0.25) is 0 Å². The molecule has 1 nitrogen and oxygen atoms in total. The third-order valence-corrected chi connectivity index (χ3v) is 3.44. The van der Waals surface area contributed by atoms with Gasteiger partial charge in [-0.3, -0.25) is 0 Å². The first-order valence-electron chi connectivity index (χ1n) is 6.35. The Morgan fingerprint density at radius 1 is 1.19 bits per heavy atom. The molecule has 1 N–H and O–H groups in total. The molecule has 0 fully saturated rings. The van der Waals surface area contributed by atoms with Crippen LogP contribution < -0.4 is 5.32 Å². The van der Waals surface area contributed by atoms with Crippen molar-refractivity contribution in [3.05, 3.63) is 34.9 Å². The number of hydrogen-bond acceptors (Lipinski definition) is 1. The van der Waals surface area contributed by atoms with Gasteiger partial charge in [-0.15, -0.1) is 0 Å². The van der Waals surface area contributed by atoms with Crippen LogP contribution >= 0.6 is 0 Å². The molecule has 90 valence electrons. The molecule has 0 saturated carbocycles. The quantitative estimate of drug-likeness (QED) is 0.794. The Bertz CT molecular complexity index is 330. The lowest BCUT2D eigenvalue weighted by Gasteiger charge is -2.20. The lowest BCUT2D eigenvalue weighted by Crippen LogP contribution is -2.27. The van der Waals surface area contributed by atoms with Crippen molar-refractivity contribution in [3.63, 3.8) is 0 Å². The van der Waals surface area contributed by atoms with Gasteiger partial charge in [-0.1, -0.05) is 32.0 Å². The number of hydrogen-bond donors (Lipinski definition) is 1. The zero-order chi connectivity index (χ0) is 12.1. The average molecular weight is 219 g/mol. The van der Waals surface area contributed by atoms with E-state index in [9.17, 15) is 0 Å². The van der Waals surface area contributed by atoms with Crippen LogP contribution in [0.4, 0.5) is 0 Å². The normalized spacial score (nSPS) is 14.8. The zero-order valence-corrected chi connectivity index (χ0v) is 11.3. The molecule has 0 aliphatic carbocycles. The minimum absolute atomic E-state index is 0.597. The summed E-state index contributed by atoms with van der Waals surface area (Å²) in [6.07, 6.45) is 1.21. The third-order valence-electron chi connectivity index (χ3n) is 3.44. The first kappa shape index (κ1) is 13.2. The standard InChI is InChI=1S/C15H25N/c1-6-16-13(4)10-12(3)15-9-7-8-11(2)14(15)5/h7-9,12-13,16H,6,10H2,1-5H3. The van der Waals surface area contributed by atoms with Crippen molar-refractivity contribution in [1.82, 2.24) is 5.32 Å². The lowest BCUT2D eigenvalue weighted by molar-refractivity contribution is 0.490. The van der Waals surface area contributed by atoms with Gasteiger partial charge in [0.25, 0.3) is 0 Å². The molecule has 2 unspecified atom stereocenters. The molecule has 0 radical (unpaired) electrons. The average Bonchev–Trinajstić information content (AvgIpc) is 2.22. The molecule has 1 aromatic rings. The molecule has 0 aliphatic rings. The number of aryl methyl sites for hydroxylation is 1. The van der Waals surface area contributed by atoms with E-state index in [0.717, 1.165) is 6.54 Å². The van der Waals surface area contributed by atoms with E-state index in [1.165, 1.54) is 23.1 Å². The van der Waals surface area contributed by atoms with E-state index in [1.807, 2.05) is 0 Å². The maximum atomic E-state index is 3.48. The monoisotopic (exact) mass is 219 g/mol. The molecular weight excluding hydrogens is 194 g/mol. The molecule has 0 aliphatic heterocycles. The van der Waals surface area contributed by atoms with Gasteiger partial charge in [0.2, 0.25) is 0 Å². The second-order valence-corrected chi connectivity index (χ2v) is 4.88. The first-order chi connectivity index (χ1) is 7.56. The highest BCUT2D eigenvalue weighted by Crippen LogP contribution is 2.25. The Morgan fingerprint density at radius 2 is 1.88 bits per heavy atom. The molecule has 0 aromatic heterocycles. The molecule has 0 amide bonds. The fraction of sp³-hybridized carbons (Fsp3) is 0.600. The highest BCUT2D eigenvalue weighted by Gasteiger charge is 2.12. The van der Waals surface area contributed by atoms with Crippen molar-refractivity contribution in [2.45, 2.75) is 53.0 Å². The summed E-state index contributed by atoms with van der Waals surface area (Å²) in [6, 6.07) is 7.23. The van der Waals surface area contributed by atoms with Crippen molar-refractivity contribution >= 4 is 0 Å². The topological polar surface area (TPSA) is 12.0 Å².